The van der Waals surface area contributed by atoms with Crippen LogP contribution in [0, 0.1) is 16.7 Å². The predicted molar refractivity (Wildman–Crippen MR) is 71.5 cm³/mol. The molecule has 5 heteroatoms. The van der Waals surface area contributed by atoms with Crippen LogP contribution in [0.1, 0.15) is 26.7 Å². The van der Waals surface area contributed by atoms with Crippen molar-refractivity contribution in [3.05, 3.63) is 0 Å². The zero-order valence-electron chi connectivity index (χ0n) is 10.7. The maximum Gasteiger partial charge on any atom is 0.225 e. The van der Waals surface area contributed by atoms with Crippen LogP contribution in [0.4, 0.5) is 0 Å². The first kappa shape index (κ1) is 14.7. The van der Waals surface area contributed by atoms with Gasteiger partial charge in [0, 0.05) is 35.8 Å². The number of amides is 1. The van der Waals surface area contributed by atoms with E-state index in [1.165, 1.54) is 0 Å². The van der Waals surface area contributed by atoms with Crippen LogP contribution in [0.3, 0.4) is 0 Å². The molecule has 0 spiro atoms. The summed E-state index contributed by atoms with van der Waals surface area (Å²) in [6.07, 6.45) is 1.14. The molecule has 0 heterocycles. The number of carbonyl (C=O) groups excluding carboxylic acids is 2. The molecule has 0 aromatic rings. The lowest BCUT2D eigenvalue weighted by atomic mass is 9.65. The fourth-order valence-corrected chi connectivity index (χ4v) is 4.08. The van der Waals surface area contributed by atoms with Crippen LogP contribution < -0.4 is 5.11 Å². The van der Waals surface area contributed by atoms with Gasteiger partial charge in [-0.3, -0.25) is 4.79 Å². The highest BCUT2D eigenvalue weighted by molar-refractivity contribution is 14.1. The highest BCUT2D eigenvalue weighted by Crippen LogP contribution is 2.57. The third kappa shape index (κ3) is 2.06. The zero-order chi connectivity index (χ0) is 13.4. The molecular formula is C12H19INO3-. The van der Waals surface area contributed by atoms with E-state index in [1.54, 1.807) is 25.9 Å². The summed E-state index contributed by atoms with van der Waals surface area (Å²) in [5.74, 6) is -1.24. The monoisotopic (exact) mass is 352 g/mol. The molecule has 98 valence electrons. The van der Waals surface area contributed by atoms with Crippen molar-refractivity contribution in [2.45, 2.75) is 26.7 Å². The Morgan fingerprint density at radius 3 is 2.29 bits per heavy atom. The first-order valence-corrected chi connectivity index (χ1v) is 7.22. The summed E-state index contributed by atoms with van der Waals surface area (Å²) >= 11 is 2.17. The molecule has 1 aliphatic carbocycles. The van der Waals surface area contributed by atoms with Gasteiger partial charge in [-0.2, -0.15) is 0 Å². The van der Waals surface area contributed by atoms with Crippen molar-refractivity contribution in [1.82, 2.24) is 4.90 Å². The normalized spacial score (nSPS) is 36.9. The second-order valence-corrected chi connectivity index (χ2v) is 6.26. The smallest absolute Gasteiger partial charge is 0.225 e. The van der Waals surface area contributed by atoms with Crippen molar-refractivity contribution in [1.29, 1.82) is 0 Å². The minimum atomic E-state index is -1.04. The average Bonchev–Trinajstić information content (AvgIpc) is 2.53. The number of rotatable bonds is 3. The maximum atomic E-state index is 12.1. The number of carbonyl (C=O) groups is 2. The predicted octanol–water partition coefficient (Wildman–Crippen LogP) is 0.682. The van der Waals surface area contributed by atoms with Gasteiger partial charge in [-0.25, -0.2) is 0 Å². The van der Waals surface area contributed by atoms with E-state index in [-0.39, 0.29) is 11.8 Å². The lowest BCUT2D eigenvalue weighted by Crippen LogP contribution is -2.52. The van der Waals surface area contributed by atoms with E-state index >= 15 is 0 Å². The largest absolute Gasteiger partial charge is 0.550 e. The maximum absolute atomic E-state index is 12.1. The molecule has 0 bridgehead atoms. The SMILES string of the molecule is CN(C)C(=O)[C@@H]1CC[C@@](C)(C(=O)[O-])[C@]1(C)CI. The summed E-state index contributed by atoms with van der Waals surface area (Å²) in [6.45, 7) is 3.61. The Morgan fingerprint density at radius 2 is 1.94 bits per heavy atom. The summed E-state index contributed by atoms with van der Waals surface area (Å²) in [5, 5.41) is 11.4. The van der Waals surface area contributed by atoms with Gasteiger partial charge >= 0.3 is 0 Å². The third-order valence-electron chi connectivity index (χ3n) is 4.43. The Morgan fingerprint density at radius 1 is 1.41 bits per heavy atom. The molecule has 0 aromatic carbocycles. The van der Waals surface area contributed by atoms with Gasteiger partial charge in [0.1, 0.15) is 0 Å². The molecule has 0 unspecified atom stereocenters. The summed E-state index contributed by atoms with van der Waals surface area (Å²) in [4.78, 5) is 25.1. The van der Waals surface area contributed by atoms with Crippen LogP contribution in [0.5, 0.6) is 0 Å². The zero-order valence-corrected chi connectivity index (χ0v) is 12.9. The van der Waals surface area contributed by atoms with E-state index in [0.717, 1.165) is 0 Å². The van der Waals surface area contributed by atoms with Gasteiger partial charge in [0.2, 0.25) is 5.91 Å². The number of hydrogen-bond donors (Lipinski definition) is 0. The molecule has 0 N–H and O–H groups in total. The Bertz CT molecular complexity index is 345. The number of halogens is 1. The van der Waals surface area contributed by atoms with E-state index in [4.69, 9.17) is 0 Å². The summed E-state index contributed by atoms with van der Waals surface area (Å²) in [6, 6.07) is 0. The minimum absolute atomic E-state index is 0.0224. The highest BCUT2D eigenvalue weighted by atomic mass is 127. The number of nitrogens with zero attached hydrogens (tertiary/aromatic N) is 1. The van der Waals surface area contributed by atoms with E-state index < -0.39 is 16.8 Å². The number of alkyl halides is 1. The lowest BCUT2D eigenvalue weighted by Gasteiger charge is -2.44. The first-order chi connectivity index (χ1) is 7.70. The fraction of sp³-hybridized carbons (Fsp3) is 0.833. The second-order valence-electron chi connectivity index (χ2n) is 5.49. The summed E-state index contributed by atoms with van der Waals surface area (Å²) in [5.41, 5.74) is -1.45. The lowest BCUT2D eigenvalue weighted by molar-refractivity contribution is -0.322. The molecule has 3 atom stereocenters. The summed E-state index contributed by atoms with van der Waals surface area (Å²) in [7, 11) is 3.43. The van der Waals surface area contributed by atoms with Gasteiger partial charge in [0.15, 0.2) is 0 Å². The molecule has 17 heavy (non-hydrogen) atoms. The van der Waals surface area contributed by atoms with Gasteiger partial charge in [-0.05, 0) is 18.3 Å². The number of aliphatic carboxylic acids is 1. The minimum Gasteiger partial charge on any atom is -0.550 e. The van der Waals surface area contributed by atoms with E-state index in [1.807, 2.05) is 6.92 Å². The second kappa shape index (κ2) is 4.74. The number of carboxylic acid groups (broad SMARTS) is 1. The van der Waals surface area contributed by atoms with Gasteiger partial charge in [-0.15, -0.1) is 0 Å². The van der Waals surface area contributed by atoms with Crippen molar-refractivity contribution < 1.29 is 14.7 Å². The molecule has 1 amide bonds. The van der Waals surface area contributed by atoms with Gasteiger partial charge < -0.3 is 14.8 Å². The van der Waals surface area contributed by atoms with Crippen LogP contribution in [0.2, 0.25) is 0 Å². The molecular weight excluding hydrogens is 333 g/mol. The van der Waals surface area contributed by atoms with Crippen molar-refractivity contribution in [2.24, 2.45) is 16.7 Å². The van der Waals surface area contributed by atoms with Crippen LogP contribution in [0.25, 0.3) is 0 Å². The van der Waals surface area contributed by atoms with Crippen LogP contribution in [-0.2, 0) is 9.59 Å². The third-order valence-corrected chi connectivity index (χ3v) is 6.01. The van der Waals surface area contributed by atoms with E-state index in [9.17, 15) is 14.7 Å². The molecule has 0 radical (unpaired) electrons. The van der Waals surface area contributed by atoms with Gasteiger partial charge in [0.05, 0.1) is 0 Å². The molecule has 1 aliphatic rings. The number of hydrogen-bond acceptors (Lipinski definition) is 3. The van der Waals surface area contributed by atoms with Gasteiger partial charge in [0.25, 0.3) is 0 Å². The van der Waals surface area contributed by atoms with Crippen LogP contribution in [-0.4, -0.2) is 35.3 Å². The van der Waals surface area contributed by atoms with Crippen molar-refractivity contribution >= 4 is 34.5 Å². The molecule has 1 fully saturated rings. The molecule has 4 nitrogen and oxygen atoms in total. The Hall–Kier alpha value is -0.330. The topological polar surface area (TPSA) is 60.4 Å². The van der Waals surface area contributed by atoms with Crippen molar-refractivity contribution in [3.63, 3.8) is 0 Å². The average molecular weight is 352 g/mol. The standard InChI is InChI=1S/C12H20INO3/c1-11(10(16)17)6-5-8(9(15)14(3)4)12(11,2)7-13/h8H,5-7H2,1-4H3,(H,16,17)/p-1/t8-,11-,12+/m0/s1. The van der Waals surface area contributed by atoms with Crippen molar-refractivity contribution in [3.8, 4) is 0 Å². The van der Waals surface area contributed by atoms with Crippen molar-refractivity contribution in [2.75, 3.05) is 18.5 Å². The Balaban J connectivity index is 3.15. The summed E-state index contributed by atoms with van der Waals surface area (Å²) < 4.78 is 0.638. The molecule has 0 aromatic heterocycles. The number of carboxylic acids is 1. The molecule has 0 saturated heterocycles. The highest BCUT2D eigenvalue weighted by Gasteiger charge is 2.57. The molecule has 0 aliphatic heterocycles. The Kier molecular flexibility index (Phi) is 4.11. The van der Waals surface area contributed by atoms with E-state index in [2.05, 4.69) is 22.6 Å². The first-order valence-electron chi connectivity index (χ1n) is 5.69. The van der Waals surface area contributed by atoms with E-state index in [0.29, 0.717) is 17.3 Å². The molecule has 1 rings (SSSR count). The Labute approximate surface area is 116 Å². The van der Waals surface area contributed by atoms with Gasteiger partial charge in [-0.1, -0.05) is 36.4 Å². The quantitative estimate of drug-likeness (QED) is 0.555. The molecule has 1 saturated carbocycles. The fourth-order valence-electron chi connectivity index (χ4n) is 2.71. The van der Waals surface area contributed by atoms with Crippen LogP contribution >= 0.6 is 22.6 Å². The van der Waals surface area contributed by atoms with Crippen LogP contribution in [0.15, 0.2) is 0 Å².